The molecule has 5 heteroatoms. The molecule has 0 aliphatic carbocycles. The van der Waals surface area contributed by atoms with Crippen LogP contribution >= 0.6 is 11.6 Å². The average molecular weight is 313 g/mol. The Morgan fingerprint density at radius 1 is 1.24 bits per heavy atom. The van der Waals surface area contributed by atoms with Crippen molar-refractivity contribution < 1.29 is 9.53 Å². The van der Waals surface area contributed by atoms with Crippen molar-refractivity contribution in [1.82, 2.24) is 0 Å². The number of nitrogens with two attached hydrogens (primary N) is 1. The summed E-state index contributed by atoms with van der Waals surface area (Å²) >= 11 is 5.98. The standard InChI is InChI=1S/C16H25ClN2O2/c1-2-3-4-5-6-7-10-21-12-16(20)19-15-9-8-13(18)11-14(15)17/h8-9,11H,2-7,10,12,18H2,1H3,(H,19,20). The molecule has 0 radical (unpaired) electrons. The second-order valence-electron chi connectivity index (χ2n) is 5.11. The number of carbonyl (C=O) groups is 1. The van der Waals surface area contributed by atoms with Crippen LogP contribution in [0.15, 0.2) is 18.2 Å². The van der Waals surface area contributed by atoms with Crippen LogP contribution in [0.2, 0.25) is 5.02 Å². The van der Waals surface area contributed by atoms with Crippen LogP contribution in [0, 0.1) is 0 Å². The molecule has 118 valence electrons. The van der Waals surface area contributed by atoms with Crippen molar-refractivity contribution in [3.8, 4) is 0 Å². The van der Waals surface area contributed by atoms with Gasteiger partial charge in [0.05, 0.1) is 10.7 Å². The Bertz CT molecular complexity index is 438. The molecule has 0 aliphatic rings. The van der Waals surface area contributed by atoms with E-state index >= 15 is 0 Å². The Balaban J connectivity index is 2.11. The lowest BCUT2D eigenvalue weighted by atomic mass is 10.1. The average Bonchev–Trinajstić information content (AvgIpc) is 2.45. The summed E-state index contributed by atoms with van der Waals surface area (Å²) in [5.74, 6) is -0.201. The molecule has 1 rings (SSSR count). The number of unbranched alkanes of at least 4 members (excludes halogenated alkanes) is 5. The van der Waals surface area contributed by atoms with Gasteiger partial charge in [0.1, 0.15) is 6.61 Å². The van der Waals surface area contributed by atoms with Gasteiger partial charge in [0, 0.05) is 12.3 Å². The van der Waals surface area contributed by atoms with Gasteiger partial charge in [-0.15, -0.1) is 0 Å². The number of nitrogens with one attached hydrogen (secondary N) is 1. The summed E-state index contributed by atoms with van der Waals surface area (Å²) in [6, 6.07) is 4.98. The molecular formula is C16H25ClN2O2. The molecule has 0 bridgehead atoms. The molecule has 1 amide bonds. The number of halogens is 1. The third-order valence-electron chi connectivity index (χ3n) is 3.14. The van der Waals surface area contributed by atoms with Gasteiger partial charge in [0.25, 0.3) is 0 Å². The van der Waals surface area contributed by atoms with Gasteiger partial charge >= 0.3 is 0 Å². The van der Waals surface area contributed by atoms with Crippen LogP contribution in [0.1, 0.15) is 45.4 Å². The molecule has 0 aromatic heterocycles. The molecule has 0 aliphatic heterocycles. The van der Waals surface area contributed by atoms with Gasteiger partial charge in [0.15, 0.2) is 0 Å². The van der Waals surface area contributed by atoms with Crippen molar-refractivity contribution in [3.63, 3.8) is 0 Å². The molecule has 21 heavy (non-hydrogen) atoms. The van der Waals surface area contributed by atoms with Crippen molar-refractivity contribution in [2.24, 2.45) is 0 Å². The maximum Gasteiger partial charge on any atom is 0.250 e. The van der Waals surface area contributed by atoms with Gasteiger partial charge in [-0.1, -0.05) is 50.6 Å². The molecule has 0 saturated carbocycles. The number of benzene rings is 1. The highest BCUT2D eigenvalue weighted by Gasteiger charge is 2.06. The molecule has 0 heterocycles. The Hall–Kier alpha value is -1.26. The number of anilines is 2. The smallest absolute Gasteiger partial charge is 0.250 e. The van der Waals surface area contributed by atoms with Gasteiger partial charge in [-0.2, -0.15) is 0 Å². The van der Waals surface area contributed by atoms with Gasteiger partial charge in [-0.05, 0) is 24.6 Å². The first-order valence-corrected chi connectivity index (χ1v) is 7.94. The van der Waals surface area contributed by atoms with E-state index in [0.717, 1.165) is 12.8 Å². The van der Waals surface area contributed by atoms with E-state index in [4.69, 9.17) is 22.1 Å². The summed E-state index contributed by atoms with van der Waals surface area (Å²) in [5, 5.41) is 3.13. The normalized spacial score (nSPS) is 10.6. The van der Waals surface area contributed by atoms with Crippen molar-refractivity contribution >= 4 is 28.9 Å². The maximum atomic E-state index is 11.7. The molecule has 4 nitrogen and oxygen atoms in total. The van der Waals surface area contributed by atoms with Crippen LogP contribution in [0.25, 0.3) is 0 Å². The summed E-state index contributed by atoms with van der Waals surface area (Å²) in [6.07, 6.45) is 7.23. The largest absolute Gasteiger partial charge is 0.399 e. The van der Waals surface area contributed by atoms with Crippen molar-refractivity contribution in [1.29, 1.82) is 0 Å². The fourth-order valence-electron chi connectivity index (χ4n) is 1.97. The third-order valence-corrected chi connectivity index (χ3v) is 3.46. The number of nitrogen functional groups attached to an aromatic ring is 1. The lowest BCUT2D eigenvalue weighted by Crippen LogP contribution is -2.18. The minimum absolute atomic E-state index is 0.0513. The number of carbonyl (C=O) groups excluding carboxylic acids is 1. The Morgan fingerprint density at radius 3 is 2.67 bits per heavy atom. The van der Waals surface area contributed by atoms with Crippen molar-refractivity contribution in [3.05, 3.63) is 23.2 Å². The first kappa shape index (κ1) is 17.8. The zero-order valence-electron chi connectivity index (χ0n) is 12.7. The fraction of sp³-hybridized carbons (Fsp3) is 0.562. The summed E-state index contributed by atoms with van der Waals surface area (Å²) in [5.41, 5.74) is 6.72. The minimum Gasteiger partial charge on any atom is -0.399 e. The van der Waals surface area contributed by atoms with Gasteiger partial charge in [-0.3, -0.25) is 4.79 Å². The second kappa shape index (κ2) is 10.5. The van der Waals surface area contributed by atoms with E-state index in [0.29, 0.717) is 23.0 Å². The summed E-state index contributed by atoms with van der Waals surface area (Å²) in [4.78, 5) is 11.7. The highest BCUT2D eigenvalue weighted by molar-refractivity contribution is 6.34. The van der Waals surface area contributed by atoms with Crippen LogP contribution in [-0.2, 0) is 9.53 Å². The molecule has 0 atom stereocenters. The third kappa shape index (κ3) is 7.93. The maximum absolute atomic E-state index is 11.7. The molecule has 0 spiro atoms. The number of ether oxygens (including phenoxy) is 1. The fourth-order valence-corrected chi connectivity index (χ4v) is 2.20. The van der Waals surface area contributed by atoms with E-state index in [1.807, 2.05) is 0 Å². The SMILES string of the molecule is CCCCCCCCOCC(=O)Nc1ccc(N)cc1Cl. The van der Waals surface area contributed by atoms with Gasteiger partial charge < -0.3 is 15.8 Å². The number of rotatable bonds is 10. The Labute approximate surface area is 132 Å². The van der Waals surface area contributed by atoms with Gasteiger partial charge in [0.2, 0.25) is 5.91 Å². The number of hydrogen-bond acceptors (Lipinski definition) is 3. The van der Waals surface area contributed by atoms with Crippen LogP contribution in [0.4, 0.5) is 11.4 Å². The highest BCUT2D eigenvalue weighted by Crippen LogP contribution is 2.23. The number of hydrogen-bond donors (Lipinski definition) is 2. The van der Waals surface area contributed by atoms with Gasteiger partial charge in [-0.25, -0.2) is 0 Å². The second-order valence-corrected chi connectivity index (χ2v) is 5.52. The van der Waals surface area contributed by atoms with Crippen LogP contribution in [0.5, 0.6) is 0 Å². The molecular weight excluding hydrogens is 288 g/mol. The molecule has 0 saturated heterocycles. The lowest BCUT2D eigenvalue weighted by Gasteiger charge is -2.08. The van der Waals surface area contributed by atoms with E-state index in [-0.39, 0.29) is 12.5 Å². The Kier molecular flexibility index (Phi) is 8.87. The van der Waals surface area contributed by atoms with Crippen LogP contribution in [0.3, 0.4) is 0 Å². The van der Waals surface area contributed by atoms with E-state index < -0.39 is 0 Å². The summed E-state index contributed by atoms with van der Waals surface area (Å²) in [7, 11) is 0. The summed E-state index contributed by atoms with van der Waals surface area (Å²) in [6.45, 7) is 2.87. The quantitative estimate of drug-likeness (QED) is 0.502. The summed E-state index contributed by atoms with van der Waals surface area (Å²) < 4.78 is 5.36. The first-order chi connectivity index (χ1) is 10.1. The lowest BCUT2D eigenvalue weighted by molar-refractivity contribution is -0.120. The molecule has 3 N–H and O–H groups in total. The monoisotopic (exact) mass is 312 g/mol. The molecule has 0 unspecified atom stereocenters. The van der Waals surface area contributed by atoms with E-state index in [2.05, 4.69) is 12.2 Å². The molecule has 0 fully saturated rings. The van der Waals surface area contributed by atoms with Crippen LogP contribution in [-0.4, -0.2) is 19.1 Å². The zero-order chi connectivity index (χ0) is 15.5. The van der Waals surface area contributed by atoms with E-state index in [1.54, 1.807) is 18.2 Å². The van der Waals surface area contributed by atoms with Crippen LogP contribution < -0.4 is 11.1 Å². The predicted molar refractivity (Wildman–Crippen MR) is 88.7 cm³/mol. The topological polar surface area (TPSA) is 64.3 Å². The van der Waals surface area contributed by atoms with Crippen molar-refractivity contribution in [2.75, 3.05) is 24.3 Å². The minimum atomic E-state index is -0.201. The Morgan fingerprint density at radius 2 is 1.95 bits per heavy atom. The van der Waals surface area contributed by atoms with E-state index in [9.17, 15) is 4.79 Å². The number of amides is 1. The zero-order valence-corrected chi connectivity index (χ0v) is 13.4. The molecule has 1 aromatic rings. The highest BCUT2D eigenvalue weighted by atomic mass is 35.5. The molecule has 1 aromatic carbocycles. The predicted octanol–water partition coefficient (Wildman–Crippen LogP) is 4.24. The van der Waals surface area contributed by atoms with E-state index in [1.165, 1.54) is 25.7 Å². The van der Waals surface area contributed by atoms with Crippen molar-refractivity contribution in [2.45, 2.75) is 45.4 Å². The first-order valence-electron chi connectivity index (χ1n) is 7.56.